The number of ether oxygens (including phenoxy) is 1. The summed E-state index contributed by atoms with van der Waals surface area (Å²) < 4.78 is 5.32. The van der Waals surface area contributed by atoms with Crippen molar-refractivity contribution in [1.29, 1.82) is 0 Å². The Labute approximate surface area is 205 Å². The molecule has 0 unspecified atom stereocenters. The first-order valence-corrected chi connectivity index (χ1v) is 10.5. The molecule has 0 fully saturated rings. The Morgan fingerprint density at radius 1 is 1.06 bits per heavy atom. The molecule has 0 saturated heterocycles. The lowest BCUT2D eigenvalue weighted by Gasteiger charge is -2.12. The van der Waals surface area contributed by atoms with Crippen LogP contribution in [0.1, 0.15) is 0 Å². The number of carbonyl (C=O) groups is 3. The summed E-state index contributed by atoms with van der Waals surface area (Å²) >= 11 is 6.24. The van der Waals surface area contributed by atoms with Gasteiger partial charge in [0.2, 0.25) is 11.9 Å². The molecular formula is C23H21ClN6O5. The Bertz CT molecular complexity index is 1240. The zero-order valence-corrected chi connectivity index (χ0v) is 19.0. The second kappa shape index (κ2) is 12.0. The third kappa shape index (κ3) is 8.02. The van der Waals surface area contributed by atoms with Gasteiger partial charge in [0.1, 0.15) is 17.3 Å². The molecule has 5 N–H and O–H groups in total. The van der Waals surface area contributed by atoms with Crippen LogP contribution >= 0.6 is 11.6 Å². The largest absolute Gasteiger partial charge is 0.484 e. The molecular weight excluding hydrogens is 476 g/mol. The molecule has 0 aliphatic heterocycles. The average Bonchev–Trinajstić information content (AvgIpc) is 2.84. The van der Waals surface area contributed by atoms with Crippen molar-refractivity contribution in [3.63, 3.8) is 0 Å². The van der Waals surface area contributed by atoms with Crippen LogP contribution in [0.4, 0.5) is 28.8 Å². The minimum atomic E-state index is -1.14. The minimum absolute atomic E-state index is 0.273. The summed E-state index contributed by atoms with van der Waals surface area (Å²) in [5.41, 5.74) is 1.87. The van der Waals surface area contributed by atoms with Crippen molar-refractivity contribution in [3.8, 4) is 5.75 Å². The third-order valence-electron chi connectivity index (χ3n) is 4.24. The zero-order chi connectivity index (χ0) is 25.2. The van der Waals surface area contributed by atoms with E-state index in [1.807, 2.05) is 0 Å². The second-order valence-electron chi connectivity index (χ2n) is 6.90. The second-order valence-corrected chi connectivity index (χ2v) is 7.31. The molecule has 0 aliphatic rings. The van der Waals surface area contributed by atoms with Crippen LogP contribution in [0, 0.1) is 0 Å². The predicted molar refractivity (Wildman–Crippen MR) is 131 cm³/mol. The van der Waals surface area contributed by atoms with Crippen LogP contribution in [-0.2, 0) is 14.4 Å². The van der Waals surface area contributed by atoms with Gasteiger partial charge in [0.25, 0.3) is 5.91 Å². The highest BCUT2D eigenvalue weighted by atomic mass is 35.5. The number of aromatic nitrogens is 2. The molecule has 0 bridgehead atoms. The molecule has 3 aromatic rings. The molecule has 1 aromatic heterocycles. The number of carboxylic acids is 1. The van der Waals surface area contributed by atoms with E-state index < -0.39 is 18.4 Å². The van der Waals surface area contributed by atoms with E-state index in [1.54, 1.807) is 48.5 Å². The van der Waals surface area contributed by atoms with E-state index >= 15 is 0 Å². The smallest absolute Gasteiger partial charge is 0.322 e. The summed E-state index contributed by atoms with van der Waals surface area (Å²) in [6.45, 7) is 2.64. The Hall–Kier alpha value is -4.64. The maximum atomic E-state index is 11.5. The highest BCUT2D eigenvalue weighted by Crippen LogP contribution is 2.26. The molecule has 0 spiro atoms. The van der Waals surface area contributed by atoms with Crippen molar-refractivity contribution in [2.75, 3.05) is 29.1 Å². The summed E-state index contributed by atoms with van der Waals surface area (Å²) in [5, 5.41) is 19.9. The normalized spacial score (nSPS) is 10.1. The number of nitrogens with one attached hydrogen (secondary N) is 4. The summed E-state index contributed by atoms with van der Waals surface area (Å²) in [6, 6.07) is 13.6. The van der Waals surface area contributed by atoms with Gasteiger partial charge in [-0.25, -0.2) is 4.98 Å². The molecule has 11 nitrogen and oxygen atoms in total. The van der Waals surface area contributed by atoms with E-state index in [2.05, 4.69) is 37.8 Å². The summed E-state index contributed by atoms with van der Waals surface area (Å²) in [4.78, 5) is 42.1. The number of nitrogens with zero attached hydrogens (tertiary/aromatic N) is 2. The van der Waals surface area contributed by atoms with Crippen molar-refractivity contribution >= 4 is 58.2 Å². The van der Waals surface area contributed by atoms with Crippen LogP contribution in [0.15, 0.2) is 67.4 Å². The molecule has 0 saturated carbocycles. The Balaban J connectivity index is 1.61. The van der Waals surface area contributed by atoms with Crippen molar-refractivity contribution < 1.29 is 24.2 Å². The first kappa shape index (κ1) is 25.0. The fraction of sp³-hybridized carbons (Fsp3) is 0.0870. The topological polar surface area (TPSA) is 155 Å². The number of rotatable bonds is 11. The van der Waals surface area contributed by atoms with E-state index in [9.17, 15) is 14.4 Å². The number of aliphatic carboxylic acids is 1. The van der Waals surface area contributed by atoms with E-state index in [0.29, 0.717) is 33.7 Å². The fourth-order valence-corrected chi connectivity index (χ4v) is 2.80. The van der Waals surface area contributed by atoms with Crippen molar-refractivity contribution in [2.24, 2.45) is 0 Å². The maximum Gasteiger partial charge on any atom is 0.322 e. The lowest BCUT2D eigenvalue weighted by atomic mass is 10.2. The number of benzene rings is 2. The molecule has 1 heterocycles. The van der Waals surface area contributed by atoms with E-state index in [-0.39, 0.29) is 18.5 Å². The lowest BCUT2D eigenvalue weighted by molar-refractivity contribution is -0.138. The molecule has 0 radical (unpaired) electrons. The molecule has 2 aromatic carbocycles. The summed E-state index contributed by atoms with van der Waals surface area (Å²) in [5.74, 6) is -0.964. The summed E-state index contributed by atoms with van der Waals surface area (Å²) in [7, 11) is 0. The molecule has 12 heteroatoms. The van der Waals surface area contributed by atoms with Gasteiger partial charge < -0.3 is 31.1 Å². The van der Waals surface area contributed by atoms with Gasteiger partial charge in [0.05, 0.1) is 6.20 Å². The van der Waals surface area contributed by atoms with Gasteiger partial charge in [0, 0.05) is 17.1 Å². The number of carboxylic acid groups (broad SMARTS) is 1. The molecule has 35 heavy (non-hydrogen) atoms. The fourth-order valence-electron chi connectivity index (χ4n) is 2.66. The van der Waals surface area contributed by atoms with Crippen LogP contribution in [0.2, 0.25) is 5.02 Å². The third-order valence-corrected chi connectivity index (χ3v) is 4.52. The minimum Gasteiger partial charge on any atom is -0.484 e. The highest BCUT2D eigenvalue weighted by Gasteiger charge is 2.09. The van der Waals surface area contributed by atoms with Crippen molar-refractivity contribution in [1.82, 2.24) is 15.3 Å². The first-order valence-electron chi connectivity index (χ1n) is 10.1. The van der Waals surface area contributed by atoms with Crippen LogP contribution in [0.3, 0.4) is 0 Å². The predicted octanol–water partition coefficient (Wildman–Crippen LogP) is 3.32. The van der Waals surface area contributed by atoms with Crippen molar-refractivity contribution in [3.05, 3.63) is 72.4 Å². The zero-order valence-electron chi connectivity index (χ0n) is 18.2. The molecule has 0 aliphatic carbocycles. The van der Waals surface area contributed by atoms with Crippen molar-refractivity contribution in [2.45, 2.75) is 0 Å². The van der Waals surface area contributed by atoms with Gasteiger partial charge in [-0.05, 0) is 48.5 Å². The van der Waals surface area contributed by atoms with E-state index in [0.717, 1.165) is 0 Å². The summed E-state index contributed by atoms with van der Waals surface area (Å²) in [6.07, 6.45) is 2.62. The van der Waals surface area contributed by atoms with Crippen LogP contribution < -0.4 is 26.0 Å². The van der Waals surface area contributed by atoms with Gasteiger partial charge in [-0.2, -0.15) is 4.98 Å². The number of carbonyl (C=O) groups excluding carboxylic acids is 2. The van der Waals surface area contributed by atoms with Crippen LogP contribution in [-0.4, -0.2) is 46.0 Å². The highest BCUT2D eigenvalue weighted by molar-refractivity contribution is 6.32. The van der Waals surface area contributed by atoms with Gasteiger partial charge in [-0.1, -0.05) is 24.2 Å². The van der Waals surface area contributed by atoms with Crippen LogP contribution in [0.5, 0.6) is 5.75 Å². The van der Waals surface area contributed by atoms with Gasteiger partial charge in [0.15, 0.2) is 12.4 Å². The number of hydrogen-bond acceptors (Lipinski definition) is 8. The molecule has 180 valence electrons. The SMILES string of the molecule is C=CC(=O)Nc1cccc(Nc2nc(Nc3ccc(OCC(=O)NCC(=O)O)cc3)ncc2Cl)c1. The van der Waals surface area contributed by atoms with Crippen LogP contribution in [0.25, 0.3) is 0 Å². The number of anilines is 5. The average molecular weight is 497 g/mol. The Morgan fingerprint density at radius 3 is 2.51 bits per heavy atom. The molecule has 0 atom stereocenters. The standard InChI is InChI=1S/C23H21ClN6O5/c1-2-19(31)27-15-4-3-5-16(10-15)28-22-18(24)11-26-23(30-22)29-14-6-8-17(9-7-14)35-13-20(32)25-12-21(33)34/h2-11H,1,12-13H2,(H,25,32)(H,27,31)(H,33,34)(H2,26,28,29,30). The molecule has 2 amide bonds. The Kier molecular flexibility index (Phi) is 8.57. The van der Waals surface area contributed by atoms with E-state index in [1.165, 1.54) is 12.3 Å². The van der Waals surface area contributed by atoms with Gasteiger partial charge >= 0.3 is 5.97 Å². The number of amides is 2. The maximum absolute atomic E-state index is 11.5. The first-order chi connectivity index (χ1) is 16.8. The lowest BCUT2D eigenvalue weighted by Crippen LogP contribution is -2.33. The number of halogens is 1. The monoisotopic (exact) mass is 496 g/mol. The Morgan fingerprint density at radius 2 is 1.80 bits per heavy atom. The number of hydrogen-bond donors (Lipinski definition) is 5. The van der Waals surface area contributed by atoms with E-state index in [4.69, 9.17) is 21.4 Å². The van der Waals surface area contributed by atoms with Gasteiger partial charge in [-0.15, -0.1) is 0 Å². The van der Waals surface area contributed by atoms with Gasteiger partial charge in [-0.3, -0.25) is 14.4 Å². The quantitative estimate of drug-likeness (QED) is 0.251. The molecule has 3 rings (SSSR count).